The molecule has 4 rings (SSSR count). The smallest absolute Gasteiger partial charge is 0.0659 e. The molecule has 3 N–H and O–H groups in total. The third-order valence-electron chi connectivity index (χ3n) is 4.35. The molecule has 4 fully saturated rings. The normalized spacial score (nSPS) is 64.4. The van der Waals surface area contributed by atoms with E-state index in [1.807, 2.05) is 0 Å². The third-order valence-corrected chi connectivity index (χ3v) is 4.35. The molecule has 0 saturated heterocycles. The van der Waals surface area contributed by atoms with E-state index < -0.39 is 5.60 Å². The van der Waals surface area contributed by atoms with Crippen molar-refractivity contribution in [1.29, 1.82) is 0 Å². The van der Waals surface area contributed by atoms with Gasteiger partial charge in [-0.05, 0) is 37.5 Å². The van der Waals surface area contributed by atoms with Crippen LogP contribution in [0.25, 0.3) is 0 Å². The molecule has 74 valence electrons. The monoisotopic (exact) mass is 184 g/mol. The van der Waals surface area contributed by atoms with Crippen molar-refractivity contribution < 1.29 is 15.3 Å². The van der Waals surface area contributed by atoms with Crippen molar-refractivity contribution in [3.8, 4) is 0 Å². The van der Waals surface area contributed by atoms with Gasteiger partial charge in [-0.3, -0.25) is 0 Å². The number of hydrogen-bond donors (Lipinski definition) is 3. The van der Waals surface area contributed by atoms with E-state index in [0.717, 1.165) is 19.3 Å². The fraction of sp³-hybridized carbons (Fsp3) is 1.00. The van der Waals surface area contributed by atoms with E-state index in [2.05, 4.69) is 0 Å². The summed E-state index contributed by atoms with van der Waals surface area (Å²) in [6, 6.07) is 0. The van der Waals surface area contributed by atoms with Crippen LogP contribution in [-0.2, 0) is 0 Å². The molecule has 13 heavy (non-hydrogen) atoms. The van der Waals surface area contributed by atoms with Gasteiger partial charge in [-0.2, -0.15) is 0 Å². The molecule has 4 bridgehead atoms. The second-order valence-corrected chi connectivity index (χ2v) is 5.24. The first-order chi connectivity index (χ1) is 6.09. The lowest BCUT2D eigenvalue weighted by Crippen LogP contribution is -2.62. The zero-order valence-corrected chi connectivity index (χ0v) is 7.56. The van der Waals surface area contributed by atoms with Crippen molar-refractivity contribution >= 4 is 0 Å². The van der Waals surface area contributed by atoms with Gasteiger partial charge in [-0.1, -0.05) is 0 Å². The molecule has 0 radical (unpaired) electrons. The van der Waals surface area contributed by atoms with Crippen molar-refractivity contribution in [2.45, 2.75) is 43.5 Å². The molecule has 4 atom stereocenters. The largest absolute Gasteiger partial charge is 0.392 e. The molecular weight excluding hydrogens is 168 g/mol. The van der Waals surface area contributed by atoms with Gasteiger partial charge in [0.1, 0.15) is 0 Å². The lowest BCUT2D eigenvalue weighted by Gasteiger charge is -2.58. The summed E-state index contributed by atoms with van der Waals surface area (Å²) in [6.07, 6.45) is 2.25. The van der Waals surface area contributed by atoms with Crippen molar-refractivity contribution in [3.63, 3.8) is 0 Å². The SMILES string of the molecule is OC1C2CC3CC(O)(C2)CC1C3O. The number of hydrogen-bond acceptors (Lipinski definition) is 3. The van der Waals surface area contributed by atoms with Crippen LogP contribution in [0.2, 0.25) is 0 Å². The summed E-state index contributed by atoms with van der Waals surface area (Å²) in [6.45, 7) is 0. The number of rotatable bonds is 0. The summed E-state index contributed by atoms with van der Waals surface area (Å²) in [5, 5.41) is 29.8. The fourth-order valence-electron chi connectivity index (χ4n) is 3.88. The van der Waals surface area contributed by atoms with Crippen LogP contribution < -0.4 is 0 Å². The Kier molecular flexibility index (Phi) is 1.43. The lowest BCUT2D eigenvalue weighted by atomic mass is 9.52. The van der Waals surface area contributed by atoms with Crippen LogP contribution in [0.5, 0.6) is 0 Å². The predicted molar refractivity (Wildman–Crippen MR) is 45.9 cm³/mol. The lowest BCUT2D eigenvalue weighted by molar-refractivity contribution is -0.220. The fourth-order valence-corrected chi connectivity index (χ4v) is 3.88. The molecule has 4 aliphatic carbocycles. The summed E-state index contributed by atoms with van der Waals surface area (Å²) in [5.41, 5.74) is -0.559. The maximum absolute atomic E-state index is 10.1. The molecule has 3 nitrogen and oxygen atoms in total. The summed E-state index contributed by atoms with van der Waals surface area (Å²) in [7, 11) is 0. The molecule has 0 aromatic rings. The van der Waals surface area contributed by atoms with Gasteiger partial charge in [0, 0.05) is 5.92 Å². The molecule has 0 amide bonds. The van der Waals surface area contributed by atoms with E-state index in [1.54, 1.807) is 0 Å². The Morgan fingerprint density at radius 1 is 0.923 bits per heavy atom. The Morgan fingerprint density at radius 2 is 1.46 bits per heavy atom. The Hall–Kier alpha value is -0.120. The molecule has 3 heteroatoms. The van der Waals surface area contributed by atoms with Gasteiger partial charge in [0.05, 0.1) is 17.8 Å². The van der Waals surface area contributed by atoms with Crippen molar-refractivity contribution in [3.05, 3.63) is 0 Å². The van der Waals surface area contributed by atoms with Gasteiger partial charge in [0.15, 0.2) is 0 Å². The van der Waals surface area contributed by atoms with Crippen molar-refractivity contribution in [2.75, 3.05) is 0 Å². The highest BCUT2D eigenvalue weighted by Crippen LogP contribution is 2.55. The van der Waals surface area contributed by atoms with Crippen LogP contribution in [0.4, 0.5) is 0 Å². The predicted octanol–water partition coefficient (Wildman–Crippen LogP) is -0.111. The zero-order chi connectivity index (χ0) is 9.22. The van der Waals surface area contributed by atoms with Crippen LogP contribution in [-0.4, -0.2) is 33.1 Å². The highest BCUT2D eigenvalue weighted by molar-refractivity contribution is 5.09. The second-order valence-electron chi connectivity index (χ2n) is 5.24. The topological polar surface area (TPSA) is 60.7 Å². The quantitative estimate of drug-likeness (QED) is 0.492. The first-order valence-corrected chi connectivity index (χ1v) is 5.18. The minimum Gasteiger partial charge on any atom is -0.392 e. The first-order valence-electron chi connectivity index (χ1n) is 5.18. The van der Waals surface area contributed by atoms with Gasteiger partial charge in [-0.15, -0.1) is 0 Å². The summed E-state index contributed by atoms with van der Waals surface area (Å²) in [5.74, 6) is 0.424. The molecule has 0 spiro atoms. The highest BCUT2D eigenvalue weighted by Gasteiger charge is 2.58. The van der Waals surface area contributed by atoms with Gasteiger partial charge in [0.25, 0.3) is 0 Å². The molecule has 4 saturated carbocycles. The Balaban J connectivity index is 1.97. The Morgan fingerprint density at radius 3 is 2.00 bits per heavy atom. The maximum Gasteiger partial charge on any atom is 0.0659 e. The van der Waals surface area contributed by atoms with E-state index in [0.29, 0.717) is 6.42 Å². The van der Waals surface area contributed by atoms with E-state index >= 15 is 0 Å². The van der Waals surface area contributed by atoms with Gasteiger partial charge < -0.3 is 15.3 Å². The minimum absolute atomic E-state index is 0.0590. The molecule has 4 unspecified atom stereocenters. The van der Waals surface area contributed by atoms with Gasteiger partial charge in [-0.25, -0.2) is 0 Å². The average molecular weight is 184 g/mol. The molecule has 4 aliphatic rings. The van der Waals surface area contributed by atoms with Crippen LogP contribution >= 0.6 is 0 Å². The number of aliphatic hydroxyl groups excluding tert-OH is 2. The molecule has 0 aromatic carbocycles. The molecular formula is C10H16O3. The van der Waals surface area contributed by atoms with Crippen molar-refractivity contribution in [1.82, 2.24) is 0 Å². The van der Waals surface area contributed by atoms with Crippen LogP contribution in [0, 0.1) is 17.8 Å². The van der Waals surface area contributed by atoms with E-state index in [-0.39, 0.29) is 30.0 Å². The van der Waals surface area contributed by atoms with Crippen LogP contribution in [0.15, 0.2) is 0 Å². The summed E-state index contributed by atoms with van der Waals surface area (Å²) >= 11 is 0. The standard InChI is InChI=1S/C10H16O3/c11-8-5-1-6-3-10(13,2-5)4-7(8)9(6)12/h5-9,11-13H,1-4H2. The Bertz CT molecular complexity index is 222. The third kappa shape index (κ3) is 0.953. The van der Waals surface area contributed by atoms with Gasteiger partial charge in [0.2, 0.25) is 0 Å². The zero-order valence-electron chi connectivity index (χ0n) is 7.56. The van der Waals surface area contributed by atoms with Crippen LogP contribution in [0.1, 0.15) is 25.7 Å². The second kappa shape index (κ2) is 2.27. The molecule has 0 aliphatic heterocycles. The maximum atomic E-state index is 10.1. The summed E-state index contributed by atoms with van der Waals surface area (Å²) in [4.78, 5) is 0. The van der Waals surface area contributed by atoms with E-state index in [9.17, 15) is 15.3 Å². The van der Waals surface area contributed by atoms with Crippen LogP contribution in [0.3, 0.4) is 0 Å². The first kappa shape index (κ1) is 8.21. The van der Waals surface area contributed by atoms with Gasteiger partial charge >= 0.3 is 0 Å². The molecule has 0 heterocycles. The average Bonchev–Trinajstić information content (AvgIpc) is 2.07. The van der Waals surface area contributed by atoms with E-state index in [4.69, 9.17) is 0 Å². The minimum atomic E-state index is -0.559. The van der Waals surface area contributed by atoms with Crippen molar-refractivity contribution in [2.24, 2.45) is 17.8 Å². The summed E-state index contributed by atoms with van der Waals surface area (Å²) < 4.78 is 0. The van der Waals surface area contributed by atoms with E-state index in [1.165, 1.54) is 0 Å². The molecule has 0 aromatic heterocycles. The Labute approximate surface area is 77.4 Å². The number of aliphatic hydroxyl groups is 3. The highest BCUT2D eigenvalue weighted by atomic mass is 16.3.